The van der Waals surface area contributed by atoms with E-state index in [0.717, 1.165) is 18.9 Å². The fraction of sp³-hybridized carbons (Fsp3) is 0.429. The topological polar surface area (TPSA) is 27.7 Å². The van der Waals surface area contributed by atoms with Crippen LogP contribution < -0.4 is 0 Å². The van der Waals surface area contributed by atoms with Gasteiger partial charge in [-0.1, -0.05) is 30.4 Å². The number of hydrogen-bond acceptors (Lipinski definition) is 3. The van der Waals surface area contributed by atoms with Gasteiger partial charge in [-0.3, -0.25) is 0 Å². The Morgan fingerprint density at radius 3 is 2.11 bits per heavy atom. The van der Waals surface area contributed by atoms with Crippen LogP contribution in [-0.4, -0.2) is 30.1 Å². The summed E-state index contributed by atoms with van der Waals surface area (Å²) in [7, 11) is 2.59. The second-order valence-corrected chi connectivity index (χ2v) is 7.54. The van der Waals surface area contributed by atoms with Gasteiger partial charge in [0, 0.05) is 27.4 Å². The molecule has 98 valence electrons. The molecule has 1 aromatic rings. The van der Waals surface area contributed by atoms with E-state index in [1.54, 1.807) is 21.3 Å². The van der Waals surface area contributed by atoms with Crippen molar-refractivity contribution in [1.82, 2.24) is 0 Å². The van der Waals surface area contributed by atoms with Gasteiger partial charge in [0.15, 0.2) is 0 Å². The highest BCUT2D eigenvalue weighted by atomic mass is 28.4. The maximum absolute atomic E-state index is 5.41. The van der Waals surface area contributed by atoms with Crippen molar-refractivity contribution >= 4 is 21.0 Å². The number of benzene rings is 1. The lowest BCUT2D eigenvalue weighted by atomic mass is 9.94. The Morgan fingerprint density at radius 2 is 1.61 bits per heavy atom. The van der Waals surface area contributed by atoms with Crippen LogP contribution in [0.1, 0.15) is 23.1 Å². The molecule has 0 radical (unpaired) electrons. The molecule has 0 amide bonds. The van der Waals surface area contributed by atoms with Crippen LogP contribution in [0.5, 0.6) is 0 Å². The molecule has 0 fully saturated rings. The fourth-order valence-electron chi connectivity index (χ4n) is 2.22. The molecule has 18 heavy (non-hydrogen) atoms. The number of rotatable bonds is 7. The van der Waals surface area contributed by atoms with Crippen molar-refractivity contribution in [1.29, 1.82) is 0 Å². The minimum absolute atomic E-state index is 0.851. The first-order valence-corrected chi connectivity index (χ1v) is 8.12. The summed E-state index contributed by atoms with van der Waals surface area (Å²) in [5, 5.41) is 0. The Bertz CT molecular complexity index is 430. The zero-order valence-electron chi connectivity index (χ0n) is 11.2. The van der Waals surface area contributed by atoms with Crippen molar-refractivity contribution in [2.24, 2.45) is 0 Å². The number of fused-ring (bicyclic) bond motifs is 1. The molecule has 4 heteroatoms. The molecule has 0 N–H and O–H groups in total. The van der Waals surface area contributed by atoms with Gasteiger partial charge in [-0.05, 0) is 29.5 Å². The van der Waals surface area contributed by atoms with Gasteiger partial charge >= 0.3 is 8.80 Å². The molecule has 0 heterocycles. The Labute approximate surface area is 110 Å². The van der Waals surface area contributed by atoms with Gasteiger partial charge < -0.3 is 13.3 Å². The number of hydrogen-bond donors (Lipinski definition) is 0. The molecular weight excluding hydrogens is 244 g/mol. The van der Waals surface area contributed by atoms with Crippen molar-refractivity contribution in [3.05, 3.63) is 34.9 Å². The Balaban J connectivity index is 1.86. The van der Waals surface area contributed by atoms with Crippen LogP contribution in [0.15, 0.2) is 18.2 Å². The van der Waals surface area contributed by atoms with Crippen LogP contribution >= 0.6 is 0 Å². The van der Waals surface area contributed by atoms with Gasteiger partial charge in [-0.25, -0.2) is 0 Å². The zero-order valence-corrected chi connectivity index (χ0v) is 12.2. The molecule has 0 aromatic heterocycles. The third kappa shape index (κ3) is 2.72. The highest BCUT2D eigenvalue weighted by Crippen LogP contribution is 2.25. The maximum atomic E-state index is 5.41. The van der Waals surface area contributed by atoms with E-state index < -0.39 is 8.80 Å². The van der Waals surface area contributed by atoms with Crippen LogP contribution in [0.25, 0.3) is 12.2 Å². The zero-order chi connectivity index (χ0) is 13.0. The van der Waals surface area contributed by atoms with Crippen molar-refractivity contribution < 1.29 is 13.3 Å². The smallest absolute Gasteiger partial charge is 0.377 e. The largest absolute Gasteiger partial charge is 0.500 e. The first-order valence-electron chi connectivity index (χ1n) is 6.19. The molecule has 0 saturated heterocycles. The van der Waals surface area contributed by atoms with Crippen LogP contribution in [-0.2, 0) is 19.7 Å². The summed E-state index contributed by atoms with van der Waals surface area (Å²) in [5.74, 6) is 0. The second-order valence-electron chi connectivity index (χ2n) is 4.45. The Kier molecular flexibility index (Phi) is 4.34. The summed E-state index contributed by atoms with van der Waals surface area (Å²) in [5.41, 5.74) is 4.05. The first kappa shape index (κ1) is 13.5. The van der Waals surface area contributed by atoms with Gasteiger partial charge in [-0.2, -0.15) is 0 Å². The van der Waals surface area contributed by atoms with Crippen LogP contribution in [0.4, 0.5) is 0 Å². The van der Waals surface area contributed by atoms with Crippen molar-refractivity contribution in [2.45, 2.75) is 18.9 Å². The average molecular weight is 264 g/mol. The minimum atomic E-state index is -2.40. The summed E-state index contributed by atoms with van der Waals surface area (Å²) >= 11 is 0. The van der Waals surface area contributed by atoms with E-state index in [1.807, 2.05) is 0 Å². The van der Waals surface area contributed by atoms with Crippen LogP contribution in [0.3, 0.4) is 0 Å². The molecular formula is C14H20O3Si. The summed E-state index contributed by atoms with van der Waals surface area (Å²) in [6.07, 6.45) is 6.34. The van der Waals surface area contributed by atoms with E-state index in [4.69, 9.17) is 13.3 Å². The fourth-order valence-corrected chi connectivity index (χ4v) is 3.95. The van der Waals surface area contributed by atoms with Crippen LogP contribution in [0, 0.1) is 0 Å². The predicted molar refractivity (Wildman–Crippen MR) is 75.3 cm³/mol. The van der Waals surface area contributed by atoms with E-state index in [2.05, 4.69) is 30.4 Å². The predicted octanol–water partition coefficient (Wildman–Crippen LogP) is 2.98. The lowest BCUT2D eigenvalue weighted by Crippen LogP contribution is -2.42. The molecule has 0 spiro atoms. The third-order valence-corrected chi connectivity index (χ3v) is 6.31. The summed E-state index contributed by atoms with van der Waals surface area (Å²) in [6.45, 7) is 0. The Hall–Kier alpha value is -0.943. The van der Waals surface area contributed by atoms with Gasteiger partial charge in [0.1, 0.15) is 0 Å². The molecule has 1 aliphatic rings. The monoisotopic (exact) mass is 264 g/mol. The average Bonchev–Trinajstić information content (AvgIpc) is 2.38. The molecule has 0 unspecified atom stereocenters. The normalized spacial score (nSPS) is 13.3. The lowest BCUT2D eigenvalue weighted by molar-refractivity contribution is 0.123. The molecule has 0 saturated carbocycles. The molecule has 2 rings (SSSR count). The molecule has 1 aromatic carbocycles. The standard InChI is InChI=1S/C14H20O3Si/c1-15-18(16-2,17-3)10-4-5-12-6-7-13-8-9-14(13)11-12/h6-9,11H,4-5,10H2,1-3H3. The summed E-state index contributed by atoms with van der Waals surface area (Å²) in [4.78, 5) is 0. The van der Waals surface area contributed by atoms with Gasteiger partial charge in [0.2, 0.25) is 0 Å². The van der Waals surface area contributed by atoms with Gasteiger partial charge in [0.25, 0.3) is 0 Å². The molecule has 0 bridgehead atoms. The van der Waals surface area contributed by atoms with Crippen molar-refractivity contribution in [3.63, 3.8) is 0 Å². The van der Waals surface area contributed by atoms with Crippen molar-refractivity contribution in [2.75, 3.05) is 21.3 Å². The van der Waals surface area contributed by atoms with Crippen molar-refractivity contribution in [3.8, 4) is 0 Å². The molecule has 1 aliphatic carbocycles. The quantitative estimate of drug-likeness (QED) is 0.720. The molecule has 0 aliphatic heterocycles. The maximum Gasteiger partial charge on any atom is 0.500 e. The third-order valence-electron chi connectivity index (χ3n) is 3.48. The SMILES string of the molecule is CO[Si](CCCc1ccc2c(c1)C=C2)(OC)OC. The lowest BCUT2D eigenvalue weighted by Gasteiger charge is -2.24. The van der Waals surface area contributed by atoms with E-state index in [0.29, 0.717) is 0 Å². The molecule has 3 nitrogen and oxygen atoms in total. The van der Waals surface area contributed by atoms with E-state index in [9.17, 15) is 0 Å². The van der Waals surface area contributed by atoms with E-state index in [1.165, 1.54) is 16.7 Å². The summed E-state index contributed by atoms with van der Waals surface area (Å²) in [6, 6.07) is 7.48. The van der Waals surface area contributed by atoms with E-state index >= 15 is 0 Å². The van der Waals surface area contributed by atoms with Crippen LogP contribution in [0.2, 0.25) is 6.04 Å². The highest BCUT2D eigenvalue weighted by Gasteiger charge is 2.36. The highest BCUT2D eigenvalue weighted by molar-refractivity contribution is 6.60. The minimum Gasteiger partial charge on any atom is -0.377 e. The molecule has 0 atom stereocenters. The second kappa shape index (κ2) is 5.80. The summed E-state index contributed by atoms with van der Waals surface area (Å²) < 4.78 is 16.2. The first-order chi connectivity index (χ1) is 8.73. The number of aryl methyl sites for hydroxylation is 1. The van der Waals surface area contributed by atoms with E-state index in [-0.39, 0.29) is 0 Å². The Morgan fingerprint density at radius 1 is 0.944 bits per heavy atom. The van der Waals surface area contributed by atoms with Gasteiger partial charge in [-0.15, -0.1) is 0 Å². The van der Waals surface area contributed by atoms with Gasteiger partial charge in [0.05, 0.1) is 0 Å².